The molecule has 0 aromatic carbocycles. The fourth-order valence-electron chi connectivity index (χ4n) is 4.48. The second-order valence-electron chi connectivity index (χ2n) is 8.68. The maximum Gasteiger partial charge on any atom is 0.303 e. The van der Waals surface area contributed by atoms with Crippen molar-refractivity contribution in [3.63, 3.8) is 0 Å². The molecule has 2 fully saturated rings. The van der Waals surface area contributed by atoms with Crippen LogP contribution in [0.4, 0.5) is 0 Å². The van der Waals surface area contributed by atoms with Gasteiger partial charge in [0.15, 0.2) is 12.4 Å². The van der Waals surface area contributed by atoms with Crippen LogP contribution >= 0.6 is 0 Å². The fraction of sp³-hybridized carbons (Fsp3) is 0.792. The van der Waals surface area contributed by atoms with Gasteiger partial charge in [0, 0.05) is 26.7 Å². The highest BCUT2D eigenvalue weighted by atomic mass is 16.7. The predicted molar refractivity (Wildman–Crippen MR) is 118 cm³/mol. The average Bonchev–Trinajstić information content (AvgIpc) is 2.75. The largest absolute Gasteiger partial charge is 0.459 e. The van der Waals surface area contributed by atoms with Crippen LogP contribution < -0.4 is 0 Å². The average molecular weight is 485 g/mol. The van der Waals surface area contributed by atoms with Gasteiger partial charge in [-0.3, -0.25) is 14.4 Å². The second kappa shape index (κ2) is 12.4. The standard InChI is InChI=1S/C24H36O10/c1-9-17-21(31-16(8)27)20(30-15(7)26)13(5)24(33-17)34-22-18(10-2)32-23(28-11-3)12(4)19(22)29-14(6)25/h3,12-13,17-24H,9-10H2,1-2,4-8H3/t12?,13?,17?,18?,19-,20-,21+,22+,23-,24+/m1/s1. The van der Waals surface area contributed by atoms with Gasteiger partial charge in [0.25, 0.3) is 0 Å². The first-order chi connectivity index (χ1) is 16.0. The van der Waals surface area contributed by atoms with E-state index in [1.165, 1.54) is 20.8 Å². The van der Waals surface area contributed by atoms with Crippen LogP contribution in [0.25, 0.3) is 0 Å². The molecular weight excluding hydrogens is 448 g/mol. The Kier molecular flexibility index (Phi) is 10.2. The van der Waals surface area contributed by atoms with Crippen LogP contribution in [0, 0.1) is 24.4 Å². The van der Waals surface area contributed by atoms with E-state index >= 15 is 0 Å². The van der Waals surface area contributed by atoms with Crippen LogP contribution in [-0.2, 0) is 47.5 Å². The minimum absolute atomic E-state index is 0.438. The summed E-state index contributed by atoms with van der Waals surface area (Å²) in [5.41, 5.74) is 0. The lowest BCUT2D eigenvalue weighted by Gasteiger charge is -2.48. The number of esters is 3. The number of carbonyl (C=O) groups is 3. The molecule has 10 nitrogen and oxygen atoms in total. The van der Waals surface area contributed by atoms with Crippen LogP contribution in [-0.4, -0.2) is 67.1 Å². The quantitative estimate of drug-likeness (QED) is 0.289. The van der Waals surface area contributed by atoms with Gasteiger partial charge in [-0.05, 0) is 12.8 Å². The molecule has 34 heavy (non-hydrogen) atoms. The first-order valence-electron chi connectivity index (χ1n) is 11.6. The lowest BCUT2D eigenvalue weighted by atomic mass is 9.88. The summed E-state index contributed by atoms with van der Waals surface area (Å²) in [6, 6.07) is 0. The van der Waals surface area contributed by atoms with Gasteiger partial charge in [0.05, 0.1) is 12.0 Å². The van der Waals surface area contributed by atoms with Gasteiger partial charge >= 0.3 is 17.9 Å². The van der Waals surface area contributed by atoms with Gasteiger partial charge in [0.1, 0.15) is 30.5 Å². The van der Waals surface area contributed by atoms with E-state index in [4.69, 9.17) is 39.6 Å². The zero-order valence-electron chi connectivity index (χ0n) is 20.8. The van der Waals surface area contributed by atoms with Crippen LogP contribution in [0.3, 0.4) is 0 Å². The Morgan fingerprint density at radius 1 is 0.735 bits per heavy atom. The minimum atomic E-state index is -0.862. The van der Waals surface area contributed by atoms with Crippen molar-refractivity contribution >= 4 is 17.9 Å². The van der Waals surface area contributed by atoms with Crippen LogP contribution in [0.1, 0.15) is 61.3 Å². The van der Waals surface area contributed by atoms with Gasteiger partial charge in [-0.2, -0.15) is 0 Å². The fourth-order valence-corrected chi connectivity index (χ4v) is 4.48. The molecule has 10 atom stereocenters. The molecule has 0 aromatic rings. The van der Waals surface area contributed by atoms with Crippen LogP contribution in [0.15, 0.2) is 0 Å². The molecule has 0 amide bonds. The Morgan fingerprint density at radius 2 is 1.15 bits per heavy atom. The molecule has 0 aromatic heterocycles. The van der Waals surface area contributed by atoms with Crippen LogP contribution in [0.5, 0.6) is 0 Å². The van der Waals surface area contributed by atoms with Crippen molar-refractivity contribution in [2.45, 2.75) is 111 Å². The Balaban J connectivity index is 2.36. The molecule has 2 heterocycles. The highest BCUT2D eigenvalue weighted by molar-refractivity contribution is 5.67. The highest BCUT2D eigenvalue weighted by Crippen LogP contribution is 2.38. The van der Waals surface area contributed by atoms with E-state index in [0.29, 0.717) is 12.8 Å². The first kappa shape index (κ1) is 27.9. The molecule has 0 aliphatic carbocycles. The topological polar surface area (TPSA) is 116 Å². The molecule has 4 unspecified atom stereocenters. The SMILES string of the molecule is C#CO[C@@H]1OC(CC)[C@H](O[C@@H]2OC(CC)[C@H](OC(C)=O)[C@H](OC(C)=O)C2C)[C@H](OC(C)=O)C1C. The lowest BCUT2D eigenvalue weighted by molar-refractivity contribution is -0.337. The van der Waals surface area contributed by atoms with E-state index < -0.39 is 78.9 Å². The summed E-state index contributed by atoms with van der Waals surface area (Å²) in [6.07, 6.45) is 2.64. The summed E-state index contributed by atoms with van der Waals surface area (Å²) < 4.78 is 40.5. The summed E-state index contributed by atoms with van der Waals surface area (Å²) in [7, 11) is 0. The molecule has 192 valence electrons. The van der Waals surface area contributed by atoms with Gasteiger partial charge in [-0.25, -0.2) is 0 Å². The summed E-state index contributed by atoms with van der Waals surface area (Å²) in [5, 5.41) is 0. The van der Waals surface area contributed by atoms with E-state index in [1.807, 2.05) is 13.8 Å². The van der Waals surface area contributed by atoms with Crippen LogP contribution in [0.2, 0.25) is 0 Å². The van der Waals surface area contributed by atoms with Crippen molar-refractivity contribution in [3.8, 4) is 12.5 Å². The van der Waals surface area contributed by atoms with Crippen molar-refractivity contribution in [2.24, 2.45) is 11.8 Å². The molecule has 10 heteroatoms. The van der Waals surface area contributed by atoms with E-state index in [9.17, 15) is 14.4 Å². The van der Waals surface area contributed by atoms with E-state index in [2.05, 4.69) is 6.11 Å². The van der Waals surface area contributed by atoms with Crippen molar-refractivity contribution in [2.75, 3.05) is 0 Å². The zero-order valence-corrected chi connectivity index (χ0v) is 20.8. The Morgan fingerprint density at radius 3 is 1.62 bits per heavy atom. The minimum Gasteiger partial charge on any atom is -0.459 e. The Bertz CT molecular complexity index is 761. The summed E-state index contributed by atoms with van der Waals surface area (Å²) in [6.45, 7) is 11.2. The number of carbonyl (C=O) groups excluding carboxylic acids is 3. The zero-order chi connectivity index (χ0) is 25.6. The molecule has 0 saturated carbocycles. The summed E-state index contributed by atoms with van der Waals surface area (Å²) in [4.78, 5) is 35.5. The third-order valence-corrected chi connectivity index (χ3v) is 6.08. The highest BCUT2D eigenvalue weighted by Gasteiger charge is 2.52. The van der Waals surface area contributed by atoms with Crippen molar-refractivity contribution < 1.29 is 47.5 Å². The molecule has 2 aliphatic heterocycles. The van der Waals surface area contributed by atoms with Gasteiger partial charge in [-0.15, -0.1) is 0 Å². The number of terminal acetylenes is 1. The normalized spacial score (nSPS) is 37.7. The molecule has 2 saturated heterocycles. The molecule has 0 bridgehead atoms. The first-order valence-corrected chi connectivity index (χ1v) is 11.6. The van der Waals surface area contributed by atoms with Crippen molar-refractivity contribution in [1.29, 1.82) is 0 Å². The Labute approximate surface area is 200 Å². The molecular formula is C24H36O10. The second-order valence-corrected chi connectivity index (χ2v) is 8.68. The third-order valence-electron chi connectivity index (χ3n) is 6.08. The summed E-state index contributed by atoms with van der Waals surface area (Å²) >= 11 is 0. The van der Waals surface area contributed by atoms with Gasteiger partial charge in [0.2, 0.25) is 6.29 Å². The number of ether oxygens (including phenoxy) is 7. The smallest absolute Gasteiger partial charge is 0.303 e. The number of hydrogen-bond donors (Lipinski definition) is 0. The van der Waals surface area contributed by atoms with Crippen molar-refractivity contribution in [1.82, 2.24) is 0 Å². The maximum atomic E-state index is 11.9. The summed E-state index contributed by atoms with van der Waals surface area (Å²) in [5.74, 6) is -2.46. The molecule has 2 rings (SSSR count). The molecule has 0 radical (unpaired) electrons. The van der Waals surface area contributed by atoms with Gasteiger partial charge in [-0.1, -0.05) is 34.1 Å². The molecule has 0 spiro atoms. The monoisotopic (exact) mass is 484 g/mol. The number of hydrogen-bond acceptors (Lipinski definition) is 10. The van der Waals surface area contributed by atoms with Gasteiger partial charge < -0.3 is 33.2 Å². The van der Waals surface area contributed by atoms with E-state index in [-0.39, 0.29) is 0 Å². The van der Waals surface area contributed by atoms with E-state index in [0.717, 1.165) is 0 Å². The Hall–Kier alpha value is -2.35. The van der Waals surface area contributed by atoms with Crippen molar-refractivity contribution in [3.05, 3.63) is 0 Å². The molecule has 0 N–H and O–H groups in total. The lowest BCUT2D eigenvalue weighted by Crippen LogP contribution is -2.61. The maximum absolute atomic E-state index is 11.9. The molecule has 2 aliphatic rings. The number of rotatable bonds is 8. The predicted octanol–water partition coefficient (Wildman–Crippen LogP) is 2.32. The van der Waals surface area contributed by atoms with E-state index in [1.54, 1.807) is 13.8 Å². The third kappa shape index (κ3) is 6.62.